The Bertz CT molecular complexity index is 870. The number of benzene rings is 1. The molecule has 134 valence electrons. The molecule has 0 unspecified atom stereocenters. The van der Waals surface area contributed by atoms with E-state index in [1.165, 1.54) is 6.33 Å². The lowest BCUT2D eigenvalue weighted by Gasteiger charge is -2.30. The highest BCUT2D eigenvalue weighted by molar-refractivity contribution is 6.04. The standard InChI is InChI=1S/C19H22N6O/c26-19(18-16-5-1-2-6-17(16)23-24-18)25(12-14-10-21-13-22-11-14)15-4-3-8-20-9-7-15/h1-2,5-6,10-11,13,15,20H,3-4,7-9,12H2,(H,23,24)/t15-/m1/s1. The fraction of sp³-hybridized carbons (Fsp3) is 0.368. The molecule has 2 N–H and O–H groups in total. The van der Waals surface area contributed by atoms with Crippen LogP contribution in [0.1, 0.15) is 35.3 Å². The number of rotatable bonds is 4. The third-order valence-corrected chi connectivity index (χ3v) is 4.89. The van der Waals surface area contributed by atoms with Crippen LogP contribution in [0.2, 0.25) is 0 Å². The van der Waals surface area contributed by atoms with Crippen LogP contribution in [0.3, 0.4) is 0 Å². The molecule has 7 nitrogen and oxygen atoms in total. The second-order valence-electron chi connectivity index (χ2n) is 6.63. The molecule has 26 heavy (non-hydrogen) atoms. The maximum Gasteiger partial charge on any atom is 0.275 e. The van der Waals surface area contributed by atoms with Crippen molar-refractivity contribution >= 4 is 16.8 Å². The lowest BCUT2D eigenvalue weighted by Crippen LogP contribution is -2.40. The van der Waals surface area contributed by atoms with E-state index in [0.29, 0.717) is 12.2 Å². The number of nitrogens with zero attached hydrogens (tertiary/aromatic N) is 4. The molecule has 4 rings (SSSR count). The first-order valence-corrected chi connectivity index (χ1v) is 9.01. The van der Waals surface area contributed by atoms with Gasteiger partial charge in [0.25, 0.3) is 5.91 Å². The van der Waals surface area contributed by atoms with Crippen LogP contribution in [-0.4, -0.2) is 50.1 Å². The summed E-state index contributed by atoms with van der Waals surface area (Å²) in [6.07, 6.45) is 8.01. The van der Waals surface area contributed by atoms with Crippen LogP contribution in [0.15, 0.2) is 43.0 Å². The highest BCUT2D eigenvalue weighted by Crippen LogP contribution is 2.22. The summed E-state index contributed by atoms with van der Waals surface area (Å²) in [5, 5.41) is 11.6. The zero-order chi connectivity index (χ0) is 17.8. The van der Waals surface area contributed by atoms with Crippen molar-refractivity contribution in [3.05, 3.63) is 54.2 Å². The number of aromatic nitrogens is 4. The van der Waals surface area contributed by atoms with Crippen molar-refractivity contribution in [3.63, 3.8) is 0 Å². The van der Waals surface area contributed by atoms with Gasteiger partial charge in [0.05, 0.1) is 5.52 Å². The Morgan fingerprint density at radius 1 is 1.15 bits per heavy atom. The normalized spacial score (nSPS) is 17.8. The molecule has 7 heteroatoms. The largest absolute Gasteiger partial charge is 0.330 e. The van der Waals surface area contributed by atoms with E-state index in [-0.39, 0.29) is 11.9 Å². The summed E-state index contributed by atoms with van der Waals surface area (Å²) >= 11 is 0. The molecule has 0 bridgehead atoms. The number of amides is 1. The van der Waals surface area contributed by atoms with Crippen molar-refractivity contribution in [3.8, 4) is 0 Å². The molecule has 1 atom stereocenters. The minimum Gasteiger partial charge on any atom is -0.330 e. The van der Waals surface area contributed by atoms with Gasteiger partial charge in [-0.25, -0.2) is 9.97 Å². The molecule has 1 aromatic carbocycles. The molecule has 1 saturated heterocycles. The van der Waals surface area contributed by atoms with Gasteiger partial charge in [-0.2, -0.15) is 5.10 Å². The average Bonchev–Trinajstić information content (AvgIpc) is 2.93. The van der Waals surface area contributed by atoms with Gasteiger partial charge in [0.1, 0.15) is 6.33 Å². The third-order valence-electron chi connectivity index (χ3n) is 4.89. The van der Waals surface area contributed by atoms with E-state index in [1.807, 2.05) is 29.2 Å². The fourth-order valence-corrected chi connectivity index (χ4v) is 3.55. The monoisotopic (exact) mass is 350 g/mol. The number of carbonyl (C=O) groups is 1. The second-order valence-corrected chi connectivity index (χ2v) is 6.63. The SMILES string of the molecule is O=C(c1n[nH]c2ccccc12)N(Cc1cncnc1)[C@@H]1CCCNCC1. The van der Waals surface area contributed by atoms with Crippen LogP contribution in [0.4, 0.5) is 0 Å². The minimum atomic E-state index is -0.0433. The van der Waals surface area contributed by atoms with Gasteiger partial charge in [-0.05, 0) is 38.4 Å². The van der Waals surface area contributed by atoms with Crippen molar-refractivity contribution in [1.82, 2.24) is 30.4 Å². The fourth-order valence-electron chi connectivity index (χ4n) is 3.55. The first-order valence-electron chi connectivity index (χ1n) is 9.01. The Kier molecular flexibility index (Phi) is 4.88. The van der Waals surface area contributed by atoms with Gasteiger partial charge in [0, 0.05) is 35.9 Å². The number of hydrogen-bond donors (Lipinski definition) is 2. The summed E-state index contributed by atoms with van der Waals surface area (Å²) in [4.78, 5) is 23.5. The van der Waals surface area contributed by atoms with E-state index >= 15 is 0 Å². The maximum absolute atomic E-state index is 13.4. The Hall–Kier alpha value is -2.80. The molecule has 0 radical (unpaired) electrons. The topological polar surface area (TPSA) is 86.8 Å². The number of aromatic amines is 1. The van der Waals surface area contributed by atoms with Gasteiger partial charge in [-0.3, -0.25) is 9.89 Å². The average molecular weight is 350 g/mol. The number of para-hydroxylation sites is 1. The van der Waals surface area contributed by atoms with Crippen LogP contribution in [-0.2, 0) is 6.54 Å². The predicted octanol–water partition coefficient (Wildman–Crippen LogP) is 2.14. The quantitative estimate of drug-likeness (QED) is 0.753. The first-order chi connectivity index (χ1) is 12.8. The van der Waals surface area contributed by atoms with E-state index in [1.54, 1.807) is 12.4 Å². The number of H-pyrrole nitrogens is 1. The molecule has 1 fully saturated rings. The molecule has 1 aliphatic heterocycles. The number of nitrogens with one attached hydrogen (secondary N) is 2. The summed E-state index contributed by atoms with van der Waals surface area (Å²) in [5.74, 6) is -0.0433. The molecule has 3 aromatic rings. The zero-order valence-corrected chi connectivity index (χ0v) is 14.6. The van der Waals surface area contributed by atoms with E-state index in [0.717, 1.165) is 48.8 Å². The van der Waals surface area contributed by atoms with Gasteiger partial charge in [0.15, 0.2) is 5.69 Å². The third kappa shape index (κ3) is 3.43. The lowest BCUT2D eigenvalue weighted by molar-refractivity contribution is 0.0640. The summed E-state index contributed by atoms with van der Waals surface area (Å²) in [6, 6.07) is 7.91. The van der Waals surface area contributed by atoms with Crippen LogP contribution in [0, 0.1) is 0 Å². The molecule has 0 saturated carbocycles. The van der Waals surface area contributed by atoms with Crippen molar-refractivity contribution in [1.29, 1.82) is 0 Å². The Morgan fingerprint density at radius 3 is 2.88 bits per heavy atom. The van der Waals surface area contributed by atoms with Crippen molar-refractivity contribution in [2.45, 2.75) is 31.8 Å². The molecule has 2 aromatic heterocycles. The van der Waals surface area contributed by atoms with Gasteiger partial charge < -0.3 is 10.2 Å². The van der Waals surface area contributed by atoms with E-state index in [2.05, 4.69) is 25.5 Å². The van der Waals surface area contributed by atoms with Crippen molar-refractivity contribution in [2.24, 2.45) is 0 Å². The minimum absolute atomic E-state index is 0.0433. The highest BCUT2D eigenvalue weighted by Gasteiger charge is 2.28. The molecular formula is C19H22N6O. The number of carbonyl (C=O) groups excluding carboxylic acids is 1. The Balaban J connectivity index is 1.67. The zero-order valence-electron chi connectivity index (χ0n) is 14.6. The molecule has 1 amide bonds. The number of hydrogen-bond acceptors (Lipinski definition) is 5. The first kappa shape index (κ1) is 16.7. The molecule has 3 heterocycles. The van der Waals surface area contributed by atoms with Gasteiger partial charge >= 0.3 is 0 Å². The molecule has 0 aliphatic carbocycles. The van der Waals surface area contributed by atoms with E-state index in [9.17, 15) is 4.79 Å². The van der Waals surface area contributed by atoms with Crippen LogP contribution in [0.5, 0.6) is 0 Å². The van der Waals surface area contributed by atoms with Crippen molar-refractivity contribution < 1.29 is 4.79 Å². The van der Waals surface area contributed by atoms with Gasteiger partial charge in [-0.1, -0.05) is 18.2 Å². The van der Waals surface area contributed by atoms with E-state index in [4.69, 9.17) is 0 Å². The van der Waals surface area contributed by atoms with Crippen LogP contribution < -0.4 is 5.32 Å². The van der Waals surface area contributed by atoms with Crippen LogP contribution >= 0.6 is 0 Å². The molecular weight excluding hydrogens is 328 g/mol. The highest BCUT2D eigenvalue weighted by atomic mass is 16.2. The molecule has 0 spiro atoms. The maximum atomic E-state index is 13.4. The Morgan fingerprint density at radius 2 is 2.00 bits per heavy atom. The van der Waals surface area contributed by atoms with Crippen molar-refractivity contribution in [2.75, 3.05) is 13.1 Å². The Labute approximate surface area is 151 Å². The van der Waals surface area contributed by atoms with Gasteiger partial charge in [0.2, 0.25) is 0 Å². The van der Waals surface area contributed by atoms with Crippen LogP contribution in [0.25, 0.3) is 10.9 Å². The van der Waals surface area contributed by atoms with E-state index < -0.39 is 0 Å². The predicted molar refractivity (Wildman–Crippen MR) is 98.5 cm³/mol. The molecule has 1 aliphatic rings. The smallest absolute Gasteiger partial charge is 0.275 e. The summed E-state index contributed by atoms with van der Waals surface area (Å²) in [7, 11) is 0. The van der Waals surface area contributed by atoms with Gasteiger partial charge in [-0.15, -0.1) is 0 Å². The summed E-state index contributed by atoms with van der Waals surface area (Å²) in [6.45, 7) is 2.41. The number of fused-ring (bicyclic) bond motifs is 1. The lowest BCUT2D eigenvalue weighted by atomic mass is 10.1. The summed E-state index contributed by atoms with van der Waals surface area (Å²) in [5.41, 5.74) is 2.29. The second kappa shape index (κ2) is 7.61. The summed E-state index contributed by atoms with van der Waals surface area (Å²) < 4.78 is 0.